The zero-order valence-corrected chi connectivity index (χ0v) is 15.0. The molecule has 0 saturated carbocycles. The minimum absolute atomic E-state index is 0.293. The van der Waals surface area contributed by atoms with Crippen LogP contribution < -0.4 is 4.90 Å². The molecule has 0 amide bonds. The standard InChI is InChI=1S/C20H23N3O2/c1-13(2)16-9-15(22(3)11-14-7-5-6-8-21-14)10-17-18(20(24)25)12-23(4)19(16)17/h5-10,12-13H,11H2,1-4H3,(H,24,25). The van der Waals surface area contributed by atoms with E-state index in [1.54, 1.807) is 12.4 Å². The number of fused-ring (bicyclic) bond motifs is 1. The second-order valence-corrected chi connectivity index (χ2v) is 6.72. The molecule has 0 fully saturated rings. The van der Waals surface area contributed by atoms with Crippen molar-refractivity contribution in [3.05, 3.63) is 59.5 Å². The van der Waals surface area contributed by atoms with E-state index in [4.69, 9.17) is 0 Å². The number of carbonyl (C=O) groups is 1. The molecule has 0 unspecified atom stereocenters. The van der Waals surface area contributed by atoms with Gasteiger partial charge in [-0.25, -0.2) is 4.79 Å². The molecule has 130 valence electrons. The Bertz CT molecular complexity index is 914. The molecule has 0 aliphatic rings. The van der Waals surface area contributed by atoms with Crippen molar-refractivity contribution >= 4 is 22.6 Å². The zero-order chi connectivity index (χ0) is 18.1. The van der Waals surface area contributed by atoms with Gasteiger partial charge in [0.15, 0.2) is 0 Å². The van der Waals surface area contributed by atoms with E-state index in [-0.39, 0.29) is 0 Å². The van der Waals surface area contributed by atoms with E-state index in [1.165, 1.54) is 0 Å². The number of hydrogen-bond acceptors (Lipinski definition) is 3. The number of pyridine rings is 1. The monoisotopic (exact) mass is 337 g/mol. The van der Waals surface area contributed by atoms with Crippen molar-refractivity contribution in [3.63, 3.8) is 0 Å². The van der Waals surface area contributed by atoms with Crippen LogP contribution >= 0.6 is 0 Å². The van der Waals surface area contributed by atoms with Gasteiger partial charge in [-0.05, 0) is 35.7 Å². The number of hydrogen-bond donors (Lipinski definition) is 1. The molecule has 0 aliphatic carbocycles. The topological polar surface area (TPSA) is 58.4 Å². The summed E-state index contributed by atoms with van der Waals surface area (Å²) < 4.78 is 1.91. The summed E-state index contributed by atoms with van der Waals surface area (Å²) in [5.41, 5.74) is 4.45. The number of carboxylic acid groups (broad SMARTS) is 1. The number of anilines is 1. The van der Waals surface area contributed by atoms with E-state index in [9.17, 15) is 9.90 Å². The van der Waals surface area contributed by atoms with Gasteiger partial charge in [0.1, 0.15) is 0 Å². The molecule has 3 rings (SSSR count). The summed E-state index contributed by atoms with van der Waals surface area (Å²) in [7, 11) is 3.90. The summed E-state index contributed by atoms with van der Waals surface area (Å²) in [5.74, 6) is -0.606. The fourth-order valence-corrected chi connectivity index (χ4v) is 3.22. The third-order valence-electron chi connectivity index (χ3n) is 4.51. The molecule has 0 radical (unpaired) electrons. The first-order valence-corrected chi connectivity index (χ1v) is 8.35. The lowest BCUT2D eigenvalue weighted by Gasteiger charge is -2.21. The van der Waals surface area contributed by atoms with Gasteiger partial charge in [0, 0.05) is 37.6 Å². The van der Waals surface area contributed by atoms with E-state index in [0.717, 1.165) is 27.8 Å². The van der Waals surface area contributed by atoms with Crippen molar-refractivity contribution in [1.29, 1.82) is 0 Å². The molecule has 2 heterocycles. The molecular formula is C20H23N3O2. The maximum atomic E-state index is 11.6. The van der Waals surface area contributed by atoms with Crippen LogP contribution in [0.2, 0.25) is 0 Å². The van der Waals surface area contributed by atoms with E-state index >= 15 is 0 Å². The molecule has 0 aliphatic heterocycles. The maximum Gasteiger partial charge on any atom is 0.337 e. The Morgan fingerprint density at radius 2 is 2.08 bits per heavy atom. The van der Waals surface area contributed by atoms with Gasteiger partial charge in [-0.15, -0.1) is 0 Å². The van der Waals surface area contributed by atoms with Crippen LogP contribution in [-0.4, -0.2) is 27.7 Å². The molecule has 0 saturated heterocycles. The van der Waals surface area contributed by atoms with Crippen molar-refractivity contribution < 1.29 is 9.90 Å². The summed E-state index contributed by atoms with van der Waals surface area (Å²) in [6, 6.07) is 9.98. The van der Waals surface area contributed by atoms with Crippen LogP contribution in [0.1, 0.15) is 41.4 Å². The predicted molar refractivity (Wildman–Crippen MR) is 100 cm³/mol. The van der Waals surface area contributed by atoms with Gasteiger partial charge in [0.25, 0.3) is 0 Å². The number of aromatic carboxylic acids is 1. The highest BCUT2D eigenvalue weighted by Gasteiger charge is 2.19. The maximum absolute atomic E-state index is 11.6. The summed E-state index contributed by atoms with van der Waals surface area (Å²) in [5, 5.41) is 10.3. The van der Waals surface area contributed by atoms with Crippen LogP contribution in [0.5, 0.6) is 0 Å². The number of aromatic nitrogens is 2. The van der Waals surface area contributed by atoms with Gasteiger partial charge >= 0.3 is 5.97 Å². The number of rotatable bonds is 5. The Labute approximate surface area is 147 Å². The quantitative estimate of drug-likeness (QED) is 0.763. The minimum Gasteiger partial charge on any atom is -0.478 e. The van der Waals surface area contributed by atoms with Gasteiger partial charge in [0.05, 0.1) is 23.3 Å². The number of carboxylic acids is 1. The highest BCUT2D eigenvalue weighted by Crippen LogP contribution is 2.33. The molecule has 25 heavy (non-hydrogen) atoms. The predicted octanol–water partition coefficient (Wildman–Crippen LogP) is 4.03. The summed E-state index contributed by atoms with van der Waals surface area (Å²) in [4.78, 5) is 18.1. The van der Waals surface area contributed by atoms with Crippen LogP contribution in [0.3, 0.4) is 0 Å². The van der Waals surface area contributed by atoms with Gasteiger partial charge in [-0.3, -0.25) is 4.98 Å². The highest BCUT2D eigenvalue weighted by atomic mass is 16.4. The Morgan fingerprint density at radius 1 is 1.32 bits per heavy atom. The fraction of sp³-hybridized carbons (Fsp3) is 0.300. The van der Waals surface area contributed by atoms with Crippen LogP contribution in [0.15, 0.2) is 42.7 Å². The van der Waals surface area contributed by atoms with Gasteiger partial charge < -0.3 is 14.6 Å². The molecule has 1 N–H and O–H groups in total. The second kappa shape index (κ2) is 6.59. The van der Waals surface area contributed by atoms with Gasteiger partial charge in [0.2, 0.25) is 0 Å². The first kappa shape index (κ1) is 17.0. The van der Waals surface area contributed by atoms with E-state index < -0.39 is 5.97 Å². The molecule has 1 aromatic carbocycles. The lowest BCUT2D eigenvalue weighted by atomic mass is 9.98. The average Bonchev–Trinajstić information content (AvgIpc) is 2.92. The van der Waals surface area contributed by atoms with Crippen molar-refractivity contribution in [3.8, 4) is 0 Å². The smallest absolute Gasteiger partial charge is 0.337 e. The minimum atomic E-state index is -0.898. The molecule has 3 aromatic rings. The normalized spacial score (nSPS) is 11.2. The van der Waals surface area contributed by atoms with Crippen molar-refractivity contribution in [2.75, 3.05) is 11.9 Å². The Kier molecular flexibility index (Phi) is 4.49. The molecule has 5 heteroatoms. The van der Waals surface area contributed by atoms with Crippen LogP contribution in [-0.2, 0) is 13.6 Å². The van der Waals surface area contributed by atoms with E-state index in [1.807, 2.05) is 42.9 Å². The van der Waals surface area contributed by atoms with Crippen LogP contribution in [0.25, 0.3) is 10.9 Å². The average molecular weight is 337 g/mol. The number of nitrogens with zero attached hydrogens (tertiary/aromatic N) is 3. The zero-order valence-electron chi connectivity index (χ0n) is 15.0. The molecule has 0 bridgehead atoms. The number of aryl methyl sites for hydroxylation is 1. The third kappa shape index (κ3) is 3.22. The van der Waals surface area contributed by atoms with Gasteiger partial charge in [-0.2, -0.15) is 0 Å². The van der Waals surface area contributed by atoms with Gasteiger partial charge in [-0.1, -0.05) is 19.9 Å². The van der Waals surface area contributed by atoms with E-state index in [2.05, 4.69) is 29.8 Å². The van der Waals surface area contributed by atoms with Crippen molar-refractivity contribution in [2.45, 2.75) is 26.3 Å². The fourth-order valence-electron chi connectivity index (χ4n) is 3.22. The van der Waals surface area contributed by atoms with Crippen LogP contribution in [0, 0.1) is 0 Å². The molecule has 0 spiro atoms. The molecular weight excluding hydrogens is 314 g/mol. The lowest BCUT2D eigenvalue weighted by molar-refractivity contribution is 0.0699. The first-order chi connectivity index (χ1) is 11.9. The Morgan fingerprint density at radius 3 is 2.68 bits per heavy atom. The highest BCUT2D eigenvalue weighted by molar-refractivity contribution is 6.05. The van der Waals surface area contributed by atoms with E-state index in [0.29, 0.717) is 18.0 Å². The first-order valence-electron chi connectivity index (χ1n) is 8.35. The van der Waals surface area contributed by atoms with Crippen molar-refractivity contribution in [2.24, 2.45) is 7.05 Å². The Hall–Kier alpha value is -2.82. The summed E-state index contributed by atoms with van der Waals surface area (Å²) >= 11 is 0. The van der Waals surface area contributed by atoms with Crippen molar-refractivity contribution in [1.82, 2.24) is 9.55 Å². The Balaban J connectivity index is 2.12. The lowest BCUT2D eigenvalue weighted by Crippen LogP contribution is -2.17. The largest absolute Gasteiger partial charge is 0.478 e. The number of benzene rings is 1. The summed E-state index contributed by atoms with van der Waals surface area (Å²) in [6.07, 6.45) is 3.48. The molecule has 0 atom stereocenters. The second-order valence-electron chi connectivity index (χ2n) is 6.72. The van der Waals surface area contributed by atoms with Crippen LogP contribution in [0.4, 0.5) is 5.69 Å². The SMILES string of the molecule is CC(C)c1cc(N(C)Cc2ccccn2)cc2c(C(=O)O)cn(C)c12. The third-order valence-corrected chi connectivity index (χ3v) is 4.51. The molecule has 5 nitrogen and oxygen atoms in total. The summed E-state index contributed by atoms with van der Waals surface area (Å²) in [6.45, 7) is 4.93. The molecule has 2 aromatic heterocycles.